The number of hydrogen-bond donors (Lipinski definition) is 0. The molecule has 0 unspecified atom stereocenters. The first-order valence-electron chi connectivity index (χ1n) is 9.77. The van der Waals surface area contributed by atoms with Gasteiger partial charge in [0.25, 0.3) is 0 Å². The summed E-state index contributed by atoms with van der Waals surface area (Å²) in [5.74, 6) is -14.8. The highest BCUT2D eigenvalue weighted by molar-refractivity contribution is 6.05. The van der Waals surface area contributed by atoms with Gasteiger partial charge in [-0.25, -0.2) is 22.0 Å². The Morgan fingerprint density at radius 2 is 1.66 bits per heavy atom. The van der Waals surface area contributed by atoms with Crippen LogP contribution in [0.5, 0.6) is 5.75 Å². The van der Waals surface area contributed by atoms with Gasteiger partial charge in [0.05, 0.1) is 18.7 Å². The largest absolute Gasteiger partial charge is 0.482 e. The molecule has 2 aliphatic heterocycles. The lowest BCUT2D eigenvalue weighted by molar-refractivity contribution is -0.193. The van der Waals surface area contributed by atoms with Crippen LogP contribution < -0.4 is 9.64 Å². The third kappa shape index (κ3) is 4.02. The van der Waals surface area contributed by atoms with E-state index in [9.17, 15) is 45.1 Å². The molecule has 186 valence electrons. The zero-order valence-electron chi connectivity index (χ0n) is 17.5. The van der Waals surface area contributed by atoms with Gasteiger partial charge < -0.3 is 14.4 Å². The highest BCUT2D eigenvalue weighted by Gasteiger charge is 2.52. The van der Waals surface area contributed by atoms with Crippen LogP contribution >= 0.6 is 0 Å². The molecular weight excluding hydrogens is 493 g/mol. The molecule has 1 saturated heterocycles. The number of ether oxygens (including phenoxy) is 2. The highest BCUT2D eigenvalue weighted by atomic mass is 19.3. The molecule has 0 bridgehead atoms. The monoisotopic (exact) mass is 506 g/mol. The van der Waals surface area contributed by atoms with Gasteiger partial charge in [-0.2, -0.15) is 8.78 Å². The second kappa shape index (κ2) is 8.43. The van der Waals surface area contributed by atoms with Gasteiger partial charge in [0, 0.05) is 30.3 Å². The van der Waals surface area contributed by atoms with E-state index in [2.05, 4.69) is 9.47 Å². The van der Waals surface area contributed by atoms with Crippen LogP contribution in [0.4, 0.5) is 36.4 Å². The summed E-state index contributed by atoms with van der Waals surface area (Å²) in [4.78, 5) is 37.6. The SMILES string of the molecule is COC(=O)C1CN(C(=O)CN2C(=O)C(F)(F)Oc3cc(F)c(-c4cc(F)c(F)c(F)c4F)cc32)C1. The number of nitrogens with zero attached hydrogens (tertiary/aromatic N) is 2. The highest BCUT2D eigenvalue weighted by Crippen LogP contribution is 2.43. The van der Waals surface area contributed by atoms with Gasteiger partial charge in [-0.05, 0) is 12.1 Å². The average molecular weight is 506 g/mol. The molecule has 0 spiro atoms. The van der Waals surface area contributed by atoms with Crippen molar-refractivity contribution in [2.45, 2.75) is 6.11 Å². The predicted octanol–water partition coefficient (Wildman–Crippen LogP) is 3.00. The van der Waals surface area contributed by atoms with Crippen LogP contribution in [0, 0.1) is 35.0 Å². The number of carbonyl (C=O) groups excluding carboxylic acids is 3. The fourth-order valence-corrected chi connectivity index (χ4v) is 3.65. The van der Waals surface area contributed by atoms with Crippen molar-refractivity contribution in [1.82, 2.24) is 4.90 Å². The molecule has 0 aliphatic carbocycles. The average Bonchev–Trinajstić information content (AvgIpc) is 2.76. The van der Waals surface area contributed by atoms with Crippen LogP contribution in [0.25, 0.3) is 11.1 Å². The third-order valence-electron chi connectivity index (χ3n) is 5.53. The standard InChI is InChI=1S/C21H13F7N2O5/c1-34-19(32)8-5-29(6-8)15(31)7-30-13-3-9(10-2-12(23)17(25)18(26)16(10)24)11(22)4-14(13)35-21(27,28)20(30)33/h2-4,8H,5-7H2,1H3. The number of fused-ring (bicyclic) bond motifs is 1. The van der Waals surface area contributed by atoms with Crippen LogP contribution in [0.15, 0.2) is 18.2 Å². The number of halogens is 7. The normalized spacial score (nSPS) is 17.0. The van der Waals surface area contributed by atoms with Crippen molar-refractivity contribution in [3.8, 4) is 16.9 Å². The molecule has 0 N–H and O–H groups in total. The number of hydrogen-bond acceptors (Lipinski definition) is 5. The van der Waals surface area contributed by atoms with Crippen molar-refractivity contribution in [2.24, 2.45) is 5.92 Å². The van der Waals surface area contributed by atoms with E-state index in [-0.39, 0.29) is 24.1 Å². The zero-order valence-corrected chi connectivity index (χ0v) is 17.5. The van der Waals surface area contributed by atoms with Gasteiger partial charge in [0.15, 0.2) is 29.0 Å². The number of carbonyl (C=O) groups is 3. The van der Waals surface area contributed by atoms with Gasteiger partial charge in [-0.3, -0.25) is 19.3 Å². The van der Waals surface area contributed by atoms with Crippen molar-refractivity contribution in [2.75, 3.05) is 31.6 Å². The number of rotatable bonds is 4. The maximum atomic E-state index is 14.6. The molecule has 0 atom stereocenters. The minimum atomic E-state index is -4.51. The molecule has 0 aromatic heterocycles. The molecule has 0 radical (unpaired) electrons. The van der Waals surface area contributed by atoms with E-state index in [4.69, 9.17) is 0 Å². The molecule has 2 aromatic rings. The fraction of sp³-hybridized carbons (Fsp3) is 0.286. The number of esters is 1. The summed E-state index contributed by atoms with van der Waals surface area (Å²) in [5, 5.41) is 0. The molecule has 14 heteroatoms. The number of methoxy groups -OCH3 is 1. The van der Waals surface area contributed by atoms with Gasteiger partial charge in [-0.15, -0.1) is 0 Å². The van der Waals surface area contributed by atoms with Crippen molar-refractivity contribution in [1.29, 1.82) is 0 Å². The first kappa shape index (κ1) is 24.3. The molecule has 35 heavy (non-hydrogen) atoms. The summed E-state index contributed by atoms with van der Waals surface area (Å²) >= 11 is 0. The second-order valence-electron chi connectivity index (χ2n) is 7.68. The van der Waals surface area contributed by atoms with E-state index in [1.807, 2.05) is 0 Å². The second-order valence-corrected chi connectivity index (χ2v) is 7.68. The number of likely N-dealkylation sites (tertiary alicyclic amines) is 1. The Bertz CT molecular complexity index is 1260. The van der Waals surface area contributed by atoms with Crippen molar-refractivity contribution < 1.29 is 54.6 Å². The molecule has 2 heterocycles. The van der Waals surface area contributed by atoms with Gasteiger partial charge in [-0.1, -0.05) is 0 Å². The predicted molar refractivity (Wildman–Crippen MR) is 102 cm³/mol. The minimum Gasteiger partial charge on any atom is -0.469 e. The molecule has 7 nitrogen and oxygen atoms in total. The summed E-state index contributed by atoms with van der Waals surface area (Å²) in [5.41, 5.74) is -2.67. The van der Waals surface area contributed by atoms with E-state index in [0.29, 0.717) is 12.1 Å². The van der Waals surface area contributed by atoms with E-state index >= 15 is 0 Å². The molecule has 1 fully saturated rings. The first-order valence-corrected chi connectivity index (χ1v) is 9.77. The summed E-state index contributed by atoms with van der Waals surface area (Å²) < 4.78 is 107. The summed E-state index contributed by atoms with van der Waals surface area (Å²) in [6.07, 6.45) is -4.51. The molecule has 2 aromatic carbocycles. The van der Waals surface area contributed by atoms with E-state index in [0.717, 1.165) is 12.0 Å². The fourth-order valence-electron chi connectivity index (χ4n) is 3.65. The number of alkyl halides is 2. The lowest BCUT2D eigenvalue weighted by Gasteiger charge is -2.39. The molecule has 0 saturated carbocycles. The molecular formula is C21H13F7N2O5. The Kier molecular flexibility index (Phi) is 5.85. The van der Waals surface area contributed by atoms with Crippen LogP contribution in [0.2, 0.25) is 0 Å². The van der Waals surface area contributed by atoms with Gasteiger partial charge in [0.1, 0.15) is 12.4 Å². The number of anilines is 1. The number of benzene rings is 2. The smallest absolute Gasteiger partial charge is 0.469 e. The zero-order chi connectivity index (χ0) is 25.8. The lowest BCUT2D eigenvalue weighted by atomic mass is 10.00. The Morgan fingerprint density at radius 3 is 2.29 bits per heavy atom. The Morgan fingerprint density at radius 1 is 1.00 bits per heavy atom. The van der Waals surface area contributed by atoms with Crippen LogP contribution in [-0.2, 0) is 19.1 Å². The minimum absolute atomic E-state index is 0.110. The van der Waals surface area contributed by atoms with Crippen LogP contribution in [-0.4, -0.2) is 55.5 Å². The van der Waals surface area contributed by atoms with Crippen molar-refractivity contribution >= 4 is 23.5 Å². The maximum absolute atomic E-state index is 14.6. The summed E-state index contributed by atoms with van der Waals surface area (Å²) in [6.45, 7) is -1.24. The molecule has 2 amide bonds. The van der Waals surface area contributed by atoms with Crippen molar-refractivity contribution in [3.63, 3.8) is 0 Å². The topological polar surface area (TPSA) is 76.2 Å². The maximum Gasteiger partial charge on any atom is 0.482 e. The Hall–Kier alpha value is -3.84. The third-order valence-corrected chi connectivity index (χ3v) is 5.53. The Balaban J connectivity index is 1.72. The summed E-state index contributed by atoms with van der Waals surface area (Å²) in [6, 6.07) is 1.01. The quantitative estimate of drug-likeness (QED) is 0.276. The van der Waals surface area contributed by atoms with E-state index in [1.165, 1.54) is 0 Å². The molecule has 4 rings (SSSR count). The van der Waals surface area contributed by atoms with Crippen molar-refractivity contribution in [3.05, 3.63) is 47.3 Å². The number of amides is 2. The van der Waals surface area contributed by atoms with E-state index < -0.39 is 88.0 Å². The van der Waals surface area contributed by atoms with Gasteiger partial charge >= 0.3 is 18.0 Å². The van der Waals surface area contributed by atoms with Crippen LogP contribution in [0.3, 0.4) is 0 Å². The summed E-state index contributed by atoms with van der Waals surface area (Å²) in [7, 11) is 1.14. The van der Waals surface area contributed by atoms with E-state index in [1.54, 1.807) is 0 Å². The molecule has 2 aliphatic rings. The lowest BCUT2D eigenvalue weighted by Crippen LogP contribution is -2.58. The first-order chi connectivity index (χ1) is 16.4. The Labute approximate surface area is 191 Å². The van der Waals surface area contributed by atoms with Crippen LogP contribution in [0.1, 0.15) is 0 Å². The van der Waals surface area contributed by atoms with Gasteiger partial charge in [0.2, 0.25) is 5.91 Å².